The molecular formula is C23H33ClN6O2. The van der Waals surface area contributed by atoms with Crippen LogP contribution in [0.25, 0.3) is 0 Å². The quantitative estimate of drug-likeness (QED) is 0.612. The Bertz CT molecular complexity index is 898. The predicted octanol–water partition coefficient (Wildman–Crippen LogP) is 4.00. The summed E-state index contributed by atoms with van der Waals surface area (Å²) in [6, 6.07) is 6.25. The maximum atomic E-state index is 6.31. The maximum absolute atomic E-state index is 6.31. The van der Waals surface area contributed by atoms with Gasteiger partial charge in [0.25, 0.3) is 0 Å². The van der Waals surface area contributed by atoms with Gasteiger partial charge in [0.15, 0.2) is 5.82 Å². The molecule has 0 bridgehead atoms. The van der Waals surface area contributed by atoms with E-state index in [0.717, 1.165) is 62.8 Å². The highest BCUT2D eigenvalue weighted by atomic mass is 35.5. The van der Waals surface area contributed by atoms with Gasteiger partial charge in [0.2, 0.25) is 5.95 Å². The Morgan fingerprint density at radius 3 is 2.78 bits per heavy atom. The molecule has 0 aliphatic carbocycles. The Kier molecular flexibility index (Phi) is 7.55. The molecule has 174 valence electrons. The van der Waals surface area contributed by atoms with Crippen LogP contribution >= 0.6 is 11.6 Å². The molecule has 0 amide bonds. The van der Waals surface area contributed by atoms with Crippen LogP contribution in [0.1, 0.15) is 26.7 Å². The van der Waals surface area contributed by atoms with E-state index in [1.165, 1.54) is 0 Å². The van der Waals surface area contributed by atoms with Crippen molar-refractivity contribution in [3.05, 3.63) is 29.4 Å². The third-order valence-corrected chi connectivity index (χ3v) is 5.98. The molecule has 1 aromatic heterocycles. The van der Waals surface area contributed by atoms with Crippen molar-refractivity contribution < 1.29 is 9.47 Å². The van der Waals surface area contributed by atoms with E-state index in [9.17, 15) is 0 Å². The van der Waals surface area contributed by atoms with E-state index in [0.29, 0.717) is 23.3 Å². The molecule has 2 saturated heterocycles. The maximum Gasteiger partial charge on any atom is 0.229 e. The van der Waals surface area contributed by atoms with E-state index in [1.54, 1.807) is 6.20 Å². The van der Waals surface area contributed by atoms with E-state index in [4.69, 9.17) is 21.1 Å². The minimum atomic E-state index is 0.0491. The first-order valence-electron chi connectivity index (χ1n) is 11.4. The van der Waals surface area contributed by atoms with Crippen LogP contribution in [-0.2, 0) is 4.74 Å². The van der Waals surface area contributed by atoms with Gasteiger partial charge >= 0.3 is 0 Å². The minimum Gasteiger partial charge on any atom is -0.489 e. The average molecular weight is 461 g/mol. The number of nitrogens with zero attached hydrogens (tertiary/aromatic N) is 4. The first-order valence-corrected chi connectivity index (χ1v) is 11.7. The first-order chi connectivity index (χ1) is 15.5. The largest absolute Gasteiger partial charge is 0.489 e. The number of hydrogen-bond donors (Lipinski definition) is 2. The molecule has 0 saturated carbocycles. The van der Waals surface area contributed by atoms with Crippen LogP contribution in [-0.4, -0.2) is 73.5 Å². The van der Waals surface area contributed by atoms with Crippen molar-refractivity contribution >= 4 is 34.7 Å². The lowest BCUT2D eigenvalue weighted by Crippen LogP contribution is -2.44. The van der Waals surface area contributed by atoms with Gasteiger partial charge in [-0.3, -0.25) is 0 Å². The van der Waals surface area contributed by atoms with Crippen molar-refractivity contribution in [3.8, 4) is 5.75 Å². The van der Waals surface area contributed by atoms with Crippen molar-refractivity contribution in [3.63, 3.8) is 0 Å². The van der Waals surface area contributed by atoms with Crippen LogP contribution in [0.2, 0.25) is 5.02 Å². The molecule has 2 aliphatic rings. The lowest BCUT2D eigenvalue weighted by molar-refractivity contribution is 0.120. The number of anilines is 4. The van der Waals surface area contributed by atoms with Crippen LogP contribution < -0.4 is 20.3 Å². The summed E-state index contributed by atoms with van der Waals surface area (Å²) >= 11 is 6.31. The number of piperazine rings is 1. The van der Waals surface area contributed by atoms with Gasteiger partial charge in [-0.2, -0.15) is 4.98 Å². The Morgan fingerprint density at radius 1 is 1.25 bits per heavy atom. The second-order valence-electron chi connectivity index (χ2n) is 8.67. The van der Waals surface area contributed by atoms with E-state index < -0.39 is 0 Å². The molecule has 2 fully saturated rings. The number of hydrogen-bond acceptors (Lipinski definition) is 8. The van der Waals surface area contributed by atoms with Crippen molar-refractivity contribution in [1.29, 1.82) is 0 Å². The van der Waals surface area contributed by atoms with Gasteiger partial charge in [0.1, 0.15) is 10.8 Å². The van der Waals surface area contributed by atoms with Gasteiger partial charge in [0, 0.05) is 51.1 Å². The average Bonchev–Trinajstić information content (AvgIpc) is 3.29. The molecule has 0 unspecified atom stereocenters. The SMILES string of the molecule is CC(C)Oc1cc(N2CCN(C)CC2)ccc1Nc1ncc(Cl)c(NC[C@H]2CCCO2)n1. The fourth-order valence-corrected chi connectivity index (χ4v) is 4.07. The molecule has 2 aliphatic heterocycles. The molecule has 8 nitrogen and oxygen atoms in total. The summed E-state index contributed by atoms with van der Waals surface area (Å²) < 4.78 is 11.8. The number of likely N-dealkylation sites (N-methyl/N-ethyl adjacent to an activating group) is 1. The highest BCUT2D eigenvalue weighted by molar-refractivity contribution is 6.32. The lowest BCUT2D eigenvalue weighted by atomic mass is 10.2. The highest BCUT2D eigenvalue weighted by Crippen LogP contribution is 2.33. The van der Waals surface area contributed by atoms with E-state index in [2.05, 4.69) is 49.6 Å². The summed E-state index contributed by atoms with van der Waals surface area (Å²) in [4.78, 5) is 13.7. The zero-order valence-electron chi connectivity index (χ0n) is 19.1. The number of ether oxygens (including phenoxy) is 2. The lowest BCUT2D eigenvalue weighted by Gasteiger charge is -2.34. The summed E-state index contributed by atoms with van der Waals surface area (Å²) in [5, 5.41) is 7.08. The zero-order chi connectivity index (χ0) is 22.5. The molecular weight excluding hydrogens is 428 g/mol. The molecule has 3 heterocycles. The molecule has 9 heteroatoms. The van der Waals surface area contributed by atoms with Gasteiger partial charge in [-0.15, -0.1) is 0 Å². The van der Waals surface area contributed by atoms with Crippen LogP contribution in [0.3, 0.4) is 0 Å². The van der Waals surface area contributed by atoms with Gasteiger partial charge in [-0.1, -0.05) is 11.6 Å². The fourth-order valence-electron chi connectivity index (χ4n) is 3.91. The van der Waals surface area contributed by atoms with Crippen molar-refractivity contribution in [2.45, 2.75) is 38.9 Å². The number of rotatable bonds is 8. The Labute approximate surface area is 195 Å². The number of benzene rings is 1. The summed E-state index contributed by atoms with van der Waals surface area (Å²) in [7, 11) is 2.16. The van der Waals surface area contributed by atoms with Crippen molar-refractivity contribution in [1.82, 2.24) is 14.9 Å². The topological polar surface area (TPSA) is 74.8 Å². The molecule has 2 N–H and O–H groups in total. The Hall–Kier alpha value is -2.29. The van der Waals surface area contributed by atoms with E-state index in [1.807, 2.05) is 19.9 Å². The number of nitrogens with one attached hydrogen (secondary N) is 2. The second kappa shape index (κ2) is 10.6. The van der Waals surface area contributed by atoms with Crippen LogP contribution in [0.5, 0.6) is 5.75 Å². The molecule has 2 aromatic rings. The predicted molar refractivity (Wildman–Crippen MR) is 130 cm³/mol. The summed E-state index contributed by atoms with van der Waals surface area (Å²) in [5.41, 5.74) is 1.99. The van der Waals surface area contributed by atoms with Gasteiger partial charge in [0.05, 0.1) is 24.1 Å². The monoisotopic (exact) mass is 460 g/mol. The number of halogens is 1. The Morgan fingerprint density at radius 2 is 2.06 bits per heavy atom. The smallest absolute Gasteiger partial charge is 0.229 e. The molecule has 4 rings (SSSR count). The van der Waals surface area contributed by atoms with Gasteiger partial charge in [-0.25, -0.2) is 4.98 Å². The van der Waals surface area contributed by atoms with Gasteiger partial charge in [-0.05, 0) is 45.9 Å². The standard InChI is InChI=1S/C23H33ClN6O2/c1-16(2)32-21-13-17(30-10-8-29(3)9-11-30)6-7-20(21)27-23-26-15-19(24)22(28-23)25-14-18-5-4-12-31-18/h6-7,13,15-16,18H,4-5,8-12,14H2,1-3H3,(H2,25,26,27,28)/t18-/m1/s1. The van der Waals surface area contributed by atoms with Crippen LogP contribution in [0, 0.1) is 0 Å². The molecule has 0 spiro atoms. The summed E-state index contributed by atoms with van der Waals surface area (Å²) in [5.74, 6) is 1.84. The summed E-state index contributed by atoms with van der Waals surface area (Å²) in [6.45, 7) is 9.67. The summed E-state index contributed by atoms with van der Waals surface area (Å²) in [6.07, 6.45) is 4.00. The van der Waals surface area contributed by atoms with E-state index >= 15 is 0 Å². The first kappa shape index (κ1) is 22.9. The Balaban J connectivity index is 1.50. The highest BCUT2D eigenvalue weighted by Gasteiger charge is 2.18. The second-order valence-corrected chi connectivity index (χ2v) is 9.08. The van der Waals surface area contributed by atoms with Crippen LogP contribution in [0.15, 0.2) is 24.4 Å². The molecule has 32 heavy (non-hydrogen) atoms. The van der Waals surface area contributed by atoms with Gasteiger partial charge < -0.3 is 29.9 Å². The molecule has 1 atom stereocenters. The normalized spacial score (nSPS) is 19.4. The fraction of sp³-hybridized carbons (Fsp3) is 0.565. The molecule has 0 radical (unpaired) electrons. The van der Waals surface area contributed by atoms with Crippen molar-refractivity contribution in [2.75, 3.05) is 61.9 Å². The minimum absolute atomic E-state index is 0.0491. The zero-order valence-corrected chi connectivity index (χ0v) is 19.9. The van der Waals surface area contributed by atoms with E-state index in [-0.39, 0.29) is 12.2 Å². The third-order valence-electron chi connectivity index (χ3n) is 5.71. The molecule has 1 aromatic carbocycles. The van der Waals surface area contributed by atoms with Crippen LogP contribution in [0.4, 0.5) is 23.1 Å². The number of aromatic nitrogens is 2. The third kappa shape index (κ3) is 5.94. The van der Waals surface area contributed by atoms with Crippen molar-refractivity contribution in [2.24, 2.45) is 0 Å².